The molecule has 1 heterocycles. The molecule has 24 heavy (non-hydrogen) atoms. The van der Waals surface area contributed by atoms with E-state index in [1.807, 2.05) is 6.92 Å². The van der Waals surface area contributed by atoms with Crippen LogP contribution in [0.3, 0.4) is 0 Å². The maximum absolute atomic E-state index is 12.2. The average Bonchev–Trinajstić information content (AvgIpc) is 2.83. The molecule has 1 aliphatic heterocycles. The van der Waals surface area contributed by atoms with Gasteiger partial charge in [0.1, 0.15) is 30.3 Å². The zero-order valence-corrected chi connectivity index (χ0v) is 13.7. The van der Waals surface area contributed by atoms with Crippen LogP contribution in [0.15, 0.2) is 12.1 Å². The Kier molecular flexibility index (Phi) is 5.58. The van der Waals surface area contributed by atoms with Crippen LogP contribution in [0, 0.1) is 0 Å². The van der Waals surface area contributed by atoms with Crippen LogP contribution in [0.1, 0.15) is 26.3 Å². The summed E-state index contributed by atoms with van der Waals surface area (Å²) in [6.45, 7) is 3.88. The molecule has 134 valence electrons. The quantitative estimate of drug-likeness (QED) is 0.858. The molecule has 1 N–H and O–H groups in total. The van der Waals surface area contributed by atoms with Gasteiger partial charge in [0, 0.05) is 18.1 Å². The van der Waals surface area contributed by atoms with Gasteiger partial charge in [0.2, 0.25) is 0 Å². The SMILES string of the molecule is CCOc1cc2c(cc1NC(=O)[C@@H](C)OCC(F)(F)F)O[C@H](C)C2. The number of alkyl halides is 3. The Morgan fingerprint density at radius 3 is 2.79 bits per heavy atom. The minimum atomic E-state index is -4.48. The lowest BCUT2D eigenvalue weighted by Gasteiger charge is -2.17. The van der Waals surface area contributed by atoms with Crippen molar-refractivity contribution in [1.29, 1.82) is 0 Å². The highest BCUT2D eigenvalue weighted by Crippen LogP contribution is 2.38. The van der Waals surface area contributed by atoms with E-state index in [9.17, 15) is 18.0 Å². The van der Waals surface area contributed by atoms with Gasteiger partial charge in [-0.25, -0.2) is 0 Å². The van der Waals surface area contributed by atoms with E-state index < -0.39 is 24.8 Å². The smallest absolute Gasteiger partial charge is 0.411 e. The maximum Gasteiger partial charge on any atom is 0.411 e. The third-order valence-corrected chi connectivity index (χ3v) is 3.42. The van der Waals surface area contributed by atoms with Gasteiger partial charge in [-0.1, -0.05) is 0 Å². The minimum Gasteiger partial charge on any atom is -0.492 e. The highest BCUT2D eigenvalue weighted by atomic mass is 19.4. The molecule has 1 aromatic rings. The van der Waals surface area contributed by atoms with Crippen LogP contribution in [-0.2, 0) is 16.0 Å². The maximum atomic E-state index is 12.2. The molecule has 2 atom stereocenters. The zero-order chi connectivity index (χ0) is 17.9. The molecular formula is C16H20F3NO4. The first-order valence-corrected chi connectivity index (χ1v) is 7.65. The highest BCUT2D eigenvalue weighted by Gasteiger charge is 2.30. The Morgan fingerprint density at radius 2 is 2.17 bits per heavy atom. The lowest BCUT2D eigenvalue weighted by molar-refractivity contribution is -0.184. The van der Waals surface area contributed by atoms with Gasteiger partial charge in [0.25, 0.3) is 5.91 Å². The fourth-order valence-electron chi connectivity index (χ4n) is 2.34. The van der Waals surface area contributed by atoms with Gasteiger partial charge in [0.05, 0.1) is 12.3 Å². The van der Waals surface area contributed by atoms with Gasteiger partial charge in [-0.05, 0) is 26.8 Å². The Balaban J connectivity index is 2.10. The Labute approximate surface area is 138 Å². The second-order valence-electron chi connectivity index (χ2n) is 5.58. The molecule has 0 aromatic heterocycles. The average molecular weight is 347 g/mol. The molecule has 1 amide bonds. The Hall–Kier alpha value is -1.96. The van der Waals surface area contributed by atoms with Crippen molar-refractivity contribution in [3.8, 4) is 11.5 Å². The molecule has 5 nitrogen and oxygen atoms in total. The molecule has 1 aromatic carbocycles. The number of carbonyl (C=O) groups excluding carboxylic acids is 1. The lowest BCUT2D eigenvalue weighted by atomic mass is 10.1. The number of ether oxygens (including phenoxy) is 3. The van der Waals surface area contributed by atoms with E-state index in [2.05, 4.69) is 10.1 Å². The van der Waals surface area contributed by atoms with Crippen LogP contribution in [0.25, 0.3) is 0 Å². The molecule has 0 saturated heterocycles. The van der Waals surface area contributed by atoms with Gasteiger partial charge in [-0.15, -0.1) is 0 Å². The summed E-state index contributed by atoms with van der Waals surface area (Å²) >= 11 is 0. The number of rotatable bonds is 6. The molecule has 1 aliphatic rings. The minimum absolute atomic E-state index is 0.0227. The second-order valence-corrected chi connectivity index (χ2v) is 5.58. The van der Waals surface area contributed by atoms with E-state index in [0.29, 0.717) is 23.8 Å². The van der Waals surface area contributed by atoms with Gasteiger partial charge < -0.3 is 19.5 Å². The highest BCUT2D eigenvalue weighted by molar-refractivity contribution is 5.95. The van der Waals surface area contributed by atoms with E-state index >= 15 is 0 Å². The van der Waals surface area contributed by atoms with Crippen molar-refractivity contribution in [2.24, 2.45) is 0 Å². The van der Waals surface area contributed by atoms with E-state index in [1.54, 1.807) is 19.1 Å². The first kappa shape index (κ1) is 18.4. The zero-order valence-electron chi connectivity index (χ0n) is 13.7. The van der Waals surface area contributed by atoms with Crippen molar-refractivity contribution < 1.29 is 32.2 Å². The van der Waals surface area contributed by atoms with E-state index in [1.165, 1.54) is 6.92 Å². The van der Waals surface area contributed by atoms with Crippen molar-refractivity contribution in [3.05, 3.63) is 17.7 Å². The number of amides is 1. The normalized spacial score (nSPS) is 17.8. The first-order chi connectivity index (χ1) is 11.2. The molecule has 0 saturated carbocycles. The third-order valence-electron chi connectivity index (χ3n) is 3.42. The van der Waals surface area contributed by atoms with Crippen LogP contribution >= 0.6 is 0 Å². The number of anilines is 1. The molecule has 0 radical (unpaired) electrons. The summed E-state index contributed by atoms with van der Waals surface area (Å²) in [6, 6.07) is 3.40. The summed E-state index contributed by atoms with van der Waals surface area (Å²) in [5.41, 5.74) is 1.31. The second kappa shape index (κ2) is 7.29. The van der Waals surface area contributed by atoms with Crippen LogP contribution in [0.4, 0.5) is 18.9 Å². The number of fused-ring (bicyclic) bond motifs is 1. The largest absolute Gasteiger partial charge is 0.492 e. The van der Waals surface area contributed by atoms with E-state index in [0.717, 1.165) is 12.0 Å². The number of carbonyl (C=O) groups is 1. The molecule has 0 fully saturated rings. The van der Waals surface area contributed by atoms with Gasteiger partial charge in [0.15, 0.2) is 0 Å². The predicted octanol–water partition coefficient (Wildman–Crippen LogP) is 3.31. The van der Waals surface area contributed by atoms with Crippen molar-refractivity contribution in [3.63, 3.8) is 0 Å². The molecule has 0 unspecified atom stereocenters. The number of benzene rings is 1. The molecule has 2 rings (SSSR count). The Bertz CT molecular complexity index is 604. The summed E-state index contributed by atoms with van der Waals surface area (Å²) in [6.07, 6.45) is -4.99. The lowest BCUT2D eigenvalue weighted by Crippen LogP contribution is -2.31. The van der Waals surface area contributed by atoms with E-state index in [-0.39, 0.29) is 6.10 Å². The van der Waals surface area contributed by atoms with Crippen molar-refractivity contribution in [2.45, 2.75) is 45.6 Å². The molecule has 0 bridgehead atoms. The fraction of sp³-hybridized carbons (Fsp3) is 0.562. The van der Waals surface area contributed by atoms with Crippen LogP contribution in [-0.4, -0.2) is 37.5 Å². The number of nitrogens with one attached hydrogen (secondary N) is 1. The fourth-order valence-corrected chi connectivity index (χ4v) is 2.34. The summed E-state index contributed by atoms with van der Waals surface area (Å²) in [5.74, 6) is 0.390. The molecular weight excluding hydrogens is 327 g/mol. The van der Waals surface area contributed by atoms with Crippen LogP contribution in [0.5, 0.6) is 11.5 Å². The number of halogens is 3. The van der Waals surface area contributed by atoms with E-state index in [4.69, 9.17) is 9.47 Å². The topological polar surface area (TPSA) is 56.8 Å². The summed E-state index contributed by atoms with van der Waals surface area (Å²) in [5, 5.41) is 2.54. The third kappa shape index (κ3) is 4.77. The van der Waals surface area contributed by atoms with Gasteiger partial charge in [-0.2, -0.15) is 13.2 Å². The van der Waals surface area contributed by atoms with Crippen LogP contribution in [0.2, 0.25) is 0 Å². The summed E-state index contributed by atoms with van der Waals surface area (Å²) in [4.78, 5) is 12.1. The number of hydrogen-bond acceptors (Lipinski definition) is 4. The monoisotopic (exact) mass is 347 g/mol. The molecule has 8 heteroatoms. The Morgan fingerprint density at radius 1 is 1.46 bits per heavy atom. The van der Waals surface area contributed by atoms with Crippen LogP contribution < -0.4 is 14.8 Å². The van der Waals surface area contributed by atoms with Gasteiger partial charge in [-0.3, -0.25) is 4.79 Å². The van der Waals surface area contributed by atoms with Gasteiger partial charge >= 0.3 is 6.18 Å². The number of hydrogen-bond donors (Lipinski definition) is 1. The summed E-state index contributed by atoms with van der Waals surface area (Å²) < 4.78 is 52.2. The standard InChI is InChI=1S/C16H20F3NO4/c1-4-22-14-6-11-5-9(2)24-13(11)7-12(14)20-15(21)10(3)23-8-16(17,18)19/h6-7,9-10H,4-5,8H2,1-3H3,(H,20,21)/t9-,10-/m1/s1. The first-order valence-electron chi connectivity index (χ1n) is 7.65. The summed E-state index contributed by atoms with van der Waals surface area (Å²) in [7, 11) is 0. The molecule has 0 spiro atoms. The predicted molar refractivity (Wildman–Crippen MR) is 81.5 cm³/mol. The van der Waals surface area contributed by atoms with Crippen molar-refractivity contribution >= 4 is 11.6 Å². The molecule has 0 aliphatic carbocycles. The van der Waals surface area contributed by atoms with Crippen molar-refractivity contribution in [2.75, 3.05) is 18.5 Å². The van der Waals surface area contributed by atoms with Crippen molar-refractivity contribution in [1.82, 2.24) is 0 Å².